The Hall–Kier alpha value is -3.25. The van der Waals surface area contributed by atoms with Gasteiger partial charge in [-0.2, -0.15) is 9.50 Å². The van der Waals surface area contributed by atoms with Gasteiger partial charge in [0, 0.05) is 0 Å². The Morgan fingerprint density at radius 2 is 1.81 bits per heavy atom. The second-order valence-electron chi connectivity index (χ2n) is 5.83. The van der Waals surface area contributed by atoms with Crippen molar-refractivity contribution in [1.82, 2.24) is 14.6 Å². The van der Waals surface area contributed by atoms with Gasteiger partial charge in [-0.05, 0) is 42.3 Å². The predicted molar refractivity (Wildman–Crippen MR) is 109 cm³/mol. The number of hydrogen-bond donors (Lipinski definition) is 0. The molecule has 0 aliphatic heterocycles. The second kappa shape index (κ2) is 7.55. The zero-order chi connectivity index (χ0) is 18.6. The number of hydrogen-bond acceptors (Lipinski definition) is 5. The number of thiazole rings is 1. The third-order valence-corrected chi connectivity index (χ3v) is 4.87. The Kier molecular flexibility index (Phi) is 4.80. The fourth-order valence-electron chi connectivity index (χ4n) is 2.63. The van der Waals surface area contributed by atoms with E-state index < -0.39 is 0 Å². The van der Waals surface area contributed by atoms with E-state index in [2.05, 4.69) is 10.1 Å². The van der Waals surface area contributed by atoms with Gasteiger partial charge in [-0.25, -0.2) is 0 Å². The average Bonchev–Trinajstić information content (AvgIpc) is 3.22. The lowest BCUT2D eigenvalue weighted by Crippen LogP contribution is -2.23. The number of fused-ring (bicyclic) bond motifs is 1. The molecule has 0 amide bonds. The summed E-state index contributed by atoms with van der Waals surface area (Å²) < 4.78 is 7.40. The van der Waals surface area contributed by atoms with Crippen LogP contribution in [0.4, 0.5) is 0 Å². The molecule has 0 saturated carbocycles. The first-order valence-corrected chi connectivity index (χ1v) is 9.42. The second-order valence-corrected chi connectivity index (χ2v) is 6.84. The fourth-order valence-corrected chi connectivity index (χ4v) is 3.55. The molecule has 2 heterocycles. The van der Waals surface area contributed by atoms with E-state index in [-0.39, 0.29) is 5.56 Å². The molecule has 0 spiro atoms. The molecule has 4 rings (SSSR count). The molecule has 0 bridgehead atoms. The van der Waals surface area contributed by atoms with Crippen LogP contribution in [0.2, 0.25) is 0 Å². The lowest BCUT2D eigenvalue weighted by Gasteiger charge is -2.01. The summed E-state index contributed by atoms with van der Waals surface area (Å²) >= 11 is 1.33. The van der Waals surface area contributed by atoms with Crippen molar-refractivity contribution in [2.24, 2.45) is 0 Å². The molecule has 6 heteroatoms. The molecule has 0 atom stereocenters. The molecule has 2 aromatic heterocycles. The minimum Gasteiger partial charge on any atom is -0.494 e. The minimum absolute atomic E-state index is 0.157. The highest BCUT2D eigenvalue weighted by atomic mass is 32.1. The molecular formula is C21H17N3O2S. The number of ether oxygens (including phenoxy) is 1. The Balaban J connectivity index is 1.62. The van der Waals surface area contributed by atoms with Crippen molar-refractivity contribution in [1.29, 1.82) is 0 Å². The first kappa shape index (κ1) is 17.2. The number of benzene rings is 2. The van der Waals surface area contributed by atoms with Gasteiger partial charge in [0.2, 0.25) is 4.96 Å². The van der Waals surface area contributed by atoms with Crippen LogP contribution < -0.4 is 14.8 Å². The van der Waals surface area contributed by atoms with Gasteiger partial charge < -0.3 is 4.74 Å². The van der Waals surface area contributed by atoms with Crippen molar-refractivity contribution < 1.29 is 4.74 Å². The molecule has 0 N–H and O–H groups in total. The SMILES string of the molecule is CCOc1ccc(C=c2sc3nc(C=Cc4ccccc4)nn3c2=O)cc1. The molecule has 2 aromatic carbocycles. The summed E-state index contributed by atoms with van der Waals surface area (Å²) in [6.45, 7) is 2.57. The third kappa shape index (κ3) is 3.80. The Morgan fingerprint density at radius 1 is 1.04 bits per heavy atom. The van der Waals surface area contributed by atoms with E-state index in [1.165, 1.54) is 15.9 Å². The molecule has 5 nitrogen and oxygen atoms in total. The topological polar surface area (TPSA) is 56.5 Å². The van der Waals surface area contributed by atoms with Crippen molar-refractivity contribution in [3.8, 4) is 5.75 Å². The highest BCUT2D eigenvalue weighted by Crippen LogP contribution is 2.13. The Morgan fingerprint density at radius 3 is 2.52 bits per heavy atom. The van der Waals surface area contributed by atoms with Crippen LogP contribution >= 0.6 is 11.3 Å². The van der Waals surface area contributed by atoms with Crippen molar-refractivity contribution >= 4 is 34.5 Å². The molecule has 0 unspecified atom stereocenters. The van der Waals surface area contributed by atoms with E-state index in [1.807, 2.05) is 79.7 Å². The van der Waals surface area contributed by atoms with Crippen LogP contribution in [0.5, 0.6) is 5.75 Å². The summed E-state index contributed by atoms with van der Waals surface area (Å²) in [4.78, 5) is 17.6. The van der Waals surface area contributed by atoms with Crippen LogP contribution in [0.1, 0.15) is 23.9 Å². The van der Waals surface area contributed by atoms with Crippen molar-refractivity contribution in [2.75, 3.05) is 6.61 Å². The van der Waals surface area contributed by atoms with E-state index in [0.717, 1.165) is 16.9 Å². The van der Waals surface area contributed by atoms with Crippen LogP contribution in [0, 0.1) is 0 Å². The zero-order valence-corrected chi connectivity index (χ0v) is 15.5. The average molecular weight is 375 g/mol. The van der Waals surface area contributed by atoms with Crippen molar-refractivity contribution in [3.05, 3.63) is 86.4 Å². The molecule has 0 aliphatic rings. The van der Waals surface area contributed by atoms with Crippen molar-refractivity contribution in [2.45, 2.75) is 6.92 Å². The van der Waals surface area contributed by atoms with Crippen LogP contribution in [-0.4, -0.2) is 21.2 Å². The zero-order valence-electron chi connectivity index (χ0n) is 14.7. The molecular weight excluding hydrogens is 358 g/mol. The highest BCUT2D eigenvalue weighted by molar-refractivity contribution is 7.15. The largest absolute Gasteiger partial charge is 0.494 e. The van der Waals surface area contributed by atoms with Gasteiger partial charge in [0.05, 0.1) is 11.1 Å². The lowest BCUT2D eigenvalue weighted by atomic mass is 10.2. The van der Waals surface area contributed by atoms with Gasteiger partial charge in [-0.3, -0.25) is 4.79 Å². The molecule has 0 saturated heterocycles. The number of rotatable bonds is 5. The van der Waals surface area contributed by atoms with E-state index in [9.17, 15) is 4.79 Å². The van der Waals surface area contributed by atoms with Crippen LogP contribution in [0.15, 0.2) is 59.4 Å². The summed E-state index contributed by atoms with van der Waals surface area (Å²) in [5.41, 5.74) is 1.84. The third-order valence-electron chi connectivity index (χ3n) is 3.91. The molecule has 4 aromatic rings. The summed E-state index contributed by atoms with van der Waals surface area (Å²) in [6, 6.07) is 17.5. The van der Waals surface area contributed by atoms with Gasteiger partial charge in [0.1, 0.15) is 5.75 Å². The van der Waals surface area contributed by atoms with Gasteiger partial charge in [-0.1, -0.05) is 59.9 Å². The summed E-state index contributed by atoms with van der Waals surface area (Å²) in [5.74, 6) is 1.34. The van der Waals surface area contributed by atoms with Gasteiger partial charge in [0.25, 0.3) is 5.56 Å². The molecule has 0 fully saturated rings. The number of nitrogens with zero attached hydrogens (tertiary/aromatic N) is 3. The van der Waals surface area contributed by atoms with Crippen LogP contribution in [0.25, 0.3) is 23.2 Å². The highest BCUT2D eigenvalue weighted by Gasteiger charge is 2.08. The number of aromatic nitrogens is 3. The fraction of sp³-hybridized carbons (Fsp3) is 0.0952. The lowest BCUT2D eigenvalue weighted by molar-refractivity contribution is 0.340. The van der Waals surface area contributed by atoms with Gasteiger partial charge in [0.15, 0.2) is 5.82 Å². The molecule has 0 radical (unpaired) electrons. The molecule has 134 valence electrons. The Labute approximate surface area is 159 Å². The normalized spacial score (nSPS) is 12.3. The van der Waals surface area contributed by atoms with Gasteiger partial charge >= 0.3 is 0 Å². The maximum atomic E-state index is 12.6. The predicted octanol–water partition coefficient (Wildman–Crippen LogP) is 3.27. The molecule has 0 aliphatic carbocycles. The summed E-state index contributed by atoms with van der Waals surface area (Å²) in [6.07, 6.45) is 5.58. The standard InChI is InChI=1S/C21H17N3O2S/c1-2-26-17-11-8-16(9-12-17)14-18-20(25)24-21(27-18)22-19(23-24)13-10-15-6-4-3-5-7-15/h3-14H,2H2,1H3. The molecule has 27 heavy (non-hydrogen) atoms. The van der Waals surface area contributed by atoms with E-state index in [4.69, 9.17) is 4.74 Å². The maximum absolute atomic E-state index is 12.6. The quantitative estimate of drug-likeness (QED) is 0.537. The van der Waals surface area contributed by atoms with Crippen LogP contribution in [0.3, 0.4) is 0 Å². The van der Waals surface area contributed by atoms with Crippen molar-refractivity contribution in [3.63, 3.8) is 0 Å². The van der Waals surface area contributed by atoms with Crippen LogP contribution in [-0.2, 0) is 0 Å². The summed E-state index contributed by atoms with van der Waals surface area (Å²) in [5, 5.41) is 4.30. The Bertz CT molecular complexity index is 1190. The van der Waals surface area contributed by atoms with E-state index in [0.29, 0.717) is 21.9 Å². The minimum atomic E-state index is -0.157. The maximum Gasteiger partial charge on any atom is 0.291 e. The smallest absolute Gasteiger partial charge is 0.291 e. The van der Waals surface area contributed by atoms with Gasteiger partial charge in [-0.15, -0.1) is 5.10 Å². The summed E-state index contributed by atoms with van der Waals surface area (Å²) in [7, 11) is 0. The first-order chi connectivity index (χ1) is 13.2. The first-order valence-electron chi connectivity index (χ1n) is 8.60. The monoisotopic (exact) mass is 375 g/mol. The van der Waals surface area contributed by atoms with E-state index in [1.54, 1.807) is 0 Å². The van der Waals surface area contributed by atoms with E-state index >= 15 is 0 Å².